The molecule has 0 atom stereocenters. The number of furan rings is 1. The predicted octanol–water partition coefficient (Wildman–Crippen LogP) is 3.90. The van der Waals surface area contributed by atoms with Crippen molar-refractivity contribution in [3.8, 4) is 11.3 Å². The molecule has 0 unspecified atom stereocenters. The van der Waals surface area contributed by atoms with Crippen LogP contribution in [0, 0.1) is 0 Å². The Morgan fingerprint density at radius 2 is 1.88 bits per heavy atom. The van der Waals surface area contributed by atoms with Gasteiger partial charge in [0.2, 0.25) is 0 Å². The average molecular weight is 375 g/mol. The maximum absolute atomic E-state index is 12.2. The lowest BCUT2D eigenvalue weighted by atomic mass is 10.2. The van der Waals surface area contributed by atoms with E-state index in [9.17, 15) is 4.79 Å². The van der Waals surface area contributed by atoms with E-state index in [2.05, 4.69) is 9.89 Å². The summed E-state index contributed by atoms with van der Waals surface area (Å²) in [6, 6.07) is 11.1. The first-order valence-corrected chi connectivity index (χ1v) is 9.09. The van der Waals surface area contributed by atoms with Gasteiger partial charge >= 0.3 is 0 Å². The summed E-state index contributed by atoms with van der Waals surface area (Å²) in [5.74, 6) is 1.13. The number of amides is 1. The first-order chi connectivity index (χ1) is 12.2. The molecule has 1 amide bonds. The summed E-state index contributed by atoms with van der Waals surface area (Å²) in [6.07, 6.45) is 1.74. The van der Waals surface area contributed by atoms with Crippen molar-refractivity contribution in [2.45, 2.75) is 0 Å². The molecule has 1 saturated heterocycles. The van der Waals surface area contributed by atoms with Gasteiger partial charge in [-0.25, -0.2) is 0 Å². The van der Waals surface area contributed by atoms with Gasteiger partial charge in [0, 0.05) is 29.8 Å². The van der Waals surface area contributed by atoms with E-state index in [4.69, 9.17) is 20.8 Å². The summed E-state index contributed by atoms with van der Waals surface area (Å²) in [5, 5.41) is 1.42. The van der Waals surface area contributed by atoms with Crippen LogP contribution in [0.3, 0.4) is 0 Å². The highest BCUT2D eigenvalue weighted by Gasteiger charge is 2.27. The molecule has 0 saturated carbocycles. The van der Waals surface area contributed by atoms with Crippen LogP contribution >= 0.6 is 23.4 Å². The number of rotatable bonds is 2. The van der Waals surface area contributed by atoms with Crippen molar-refractivity contribution in [3.63, 3.8) is 0 Å². The highest BCUT2D eigenvalue weighted by molar-refractivity contribution is 8.18. The summed E-state index contributed by atoms with van der Waals surface area (Å²) in [7, 11) is 0. The largest absolute Gasteiger partial charge is 0.457 e. The molecule has 0 N–H and O–H groups in total. The van der Waals surface area contributed by atoms with Crippen molar-refractivity contribution in [2.24, 2.45) is 4.99 Å². The number of thioether (sulfide) groups is 1. The molecule has 3 heterocycles. The van der Waals surface area contributed by atoms with E-state index in [1.807, 2.05) is 36.4 Å². The van der Waals surface area contributed by atoms with Crippen LogP contribution in [-0.2, 0) is 9.53 Å². The molecule has 2 aliphatic heterocycles. The number of hydrogen-bond donors (Lipinski definition) is 0. The van der Waals surface area contributed by atoms with Crippen molar-refractivity contribution in [1.29, 1.82) is 0 Å². The molecule has 4 rings (SSSR count). The van der Waals surface area contributed by atoms with Crippen LogP contribution in [0.15, 0.2) is 50.7 Å². The number of aliphatic imine (C=N–C) groups is 1. The van der Waals surface area contributed by atoms with Gasteiger partial charge in [0.1, 0.15) is 11.5 Å². The van der Waals surface area contributed by atoms with Gasteiger partial charge in [0.15, 0.2) is 5.17 Å². The molecule has 0 radical (unpaired) electrons. The van der Waals surface area contributed by atoms with E-state index in [1.54, 1.807) is 6.08 Å². The molecule has 2 aromatic rings. The number of benzene rings is 1. The Kier molecular flexibility index (Phi) is 4.65. The van der Waals surface area contributed by atoms with Crippen molar-refractivity contribution < 1.29 is 13.9 Å². The Morgan fingerprint density at radius 3 is 2.64 bits per heavy atom. The molecule has 0 bridgehead atoms. The molecule has 5 nitrogen and oxygen atoms in total. The van der Waals surface area contributed by atoms with E-state index < -0.39 is 0 Å². The Bertz CT molecular complexity index is 851. The lowest BCUT2D eigenvalue weighted by Gasteiger charge is -2.27. The molecule has 1 fully saturated rings. The normalized spacial score (nSPS) is 19.6. The van der Waals surface area contributed by atoms with Gasteiger partial charge in [-0.3, -0.25) is 4.79 Å². The number of nitrogens with zero attached hydrogens (tertiary/aromatic N) is 2. The van der Waals surface area contributed by atoms with Gasteiger partial charge in [0.05, 0.1) is 18.1 Å². The number of halogens is 1. The Labute approximate surface area is 154 Å². The molecule has 0 spiro atoms. The zero-order valence-corrected chi connectivity index (χ0v) is 14.8. The zero-order chi connectivity index (χ0) is 17.2. The Hall–Kier alpha value is -2.02. The van der Waals surface area contributed by atoms with E-state index in [0.717, 1.165) is 29.6 Å². The number of morpholine rings is 1. The highest BCUT2D eigenvalue weighted by Crippen LogP contribution is 2.32. The van der Waals surface area contributed by atoms with Crippen LogP contribution in [0.1, 0.15) is 5.76 Å². The fourth-order valence-electron chi connectivity index (χ4n) is 2.62. The smallest absolute Gasteiger partial charge is 0.286 e. The second kappa shape index (κ2) is 7.07. The first kappa shape index (κ1) is 16.4. The standard InChI is InChI=1S/C18H15ClN2O3S/c19-13-3-1-12(2-4-13)15-6-5-14(24-15)11-16-17(22)20-18(25-16)21-7-9-23-10-8-21/h1-6,11H,7-10H2/b16-11+. The summed E-state index contributed by atoms with van der Waals surface area (Å²) in [4.78, 5) is 19.0. The van der Waals surface area contributed by atoms with E-state index >= 15 is 0 Å². The van der Waals surface area contributed by atoms with Gasteiger partial charge in [0.25, 0.3) is 5.91 Å². The average Bonchev–Trinajstić information content (AvgIpc) is 3.24. The minimum atomic E-state index is -0.226. The highest BCUT2D eigenvalue weighted by atomic mass is 35.5. The molecule has 25 heavy (non-hydrogen) atoms. The van der Waals surface area contributed by atoms with Gasteiger partial charge in [-0.1, -0.05) is 11.6 Å². The van der Waals surface area contributed by atoms with Crippen LogP contribution in [0.4, 0.5) is 0 Å². The lowest BCUT2D eigenvalue weighted by Crippen LogP contribution is -2.38. The van der Waals surface area contributed by atoms with Crippen molar-refractivity contribution >= 4 is 40.5 Å². The first-order valence-electron chi connectivity index (χ1n) is 7.90. The van der Waals surface area contributed by atoms with Gasteiger partial charge < -0.3 is 14.1 Å². The number of hydrogen-bond acceptors (Lipinski definition) is 5. The Balaban J connectivity index is 1.50. The fraction of sp³-hybridized carbons (Fsp3) is 0.222. The molecule has 1 aromatic carbocycles. The fourth-order valence-corrected chi connectivity index (χ4v) is 3.69. The molecule has 1 aromatic heterocycles. The predicted molar refractivity (Wildman–Crippen MR) is 99.6 cm³/mol. The maximum Gasteiger partial charge on any atom is 0.286 e. The molecule has 7 heteroatoms. The SMILES string of the molecule is O=C1N=C(N2CCOCC2)S/C1=C/c1ccc(-c2ccc(Cl)cc2)o1. The third-order valence-electron chi connectivity index (χ3n) is 3.92. The summed E-state index contributed by atoms with van der Waals surface area (Å²) >= 11 is 7.29. The second-order valence-electron chi connectivity index (χ2n) is 5.62. The van der Waals surface area contributed by atoms with Crippen molar-refractivity contribution in [3.05, 3.63) is 52.1 Å². The van der Waals surface area contributed by atoms with Crippen LogP contribution in [0.2, 0.25) is 5.02 Å². The molecular formula is C18H15ClN2O3S. The maximum atomic E-state index is 12.2. The zero-order valence-electron chi connectivity index (χ0n) is 13.3. The summed E-state index contributed by atoms with van der Waals surface area (Å²) in [6.45, 7) is 2.84. The van der Waals surface area contributed by atoms with Crippen LogP contribution in [0.5, 0.6) is 0 Å². The molecule has 0 aliphatic carbocycles. The van der Waals surface area contributed by atoms with Crippen molar-refractivity contribution in [2.75, 3.05) is 26.3 Å². The van der Waals surface area contributed by atoms with Crippen molar-refractivity contribution in [1.82, 2.24) is 4.90 Å². The topological polar surface area (TPSA) is 55.0 Å². The van der Waals surface area contributed by atoms with Gasteiger partial charge in [-0.15, -0.1) is 0 Å². The monoisotopic (exact) mass is 374 g/mol. The van der Waals surface area contributed by atoms with E-state index in [0.29, 0.717) is 28.9 Å². The van der Waals surface area contributed by atoms with E-state index in [-0.39, 0.29) is 5.91 Å². The van der Waals surface area contributed by atoms with Gasteiger partial charge in [-0.05, 0) is 48.2 Å². The minimum Gasteiger partial charge on any atom is -0.457 e. The second-order valence-corrected chi connectivity index (χ2v) is 7.06. The summed E-state index contributed by atoms with van der Waals surface area (Å²) < 4.78 is 11.2. The van der Waals surface area contributed by atoms with Crippen LogP contribution < -0.4 is 0 Å². The van der Waals surface area contributed by atoms with E-state index in [1.165, 1.54) is 11.8 Å². The lowest BCUT2D eigenvalue weighted by molar-refractivity contribution is -0.113. The molecular weight excluding hydrogens is 360 g/mol. The summed E-state index contributed by atoms with van der Waals surface area (Å²) in [5.41, 5.74) is 0.935. The van der Waals surface area contributed by atoms with Gasteiger partial charge in [-0.2, -0.15) is 4.99 Å². The Morgan fingerprint density at radius 1 is 1.12 bits per heavy atom. The number of carbonyl (C=O) groups is 1. The molecule has 2 aliphatic rings. The quantitative estimate of drug-likeness (QED) is 0.746. The minimum absolute atomic E-state index is 0.226. The van der Waals surface area contributed by atoms with Crippen LogP contribution in [0.25, 0.3) is 17.4 Å². The number of ether oxygens (including phenoxy) is 1. The molecule has 128 valence electrons. The van der Waals surface area contributed by atoms with Crippen LogP contribution in [-0.4, -0.2) is 42.3 Å². The number of amidine groups is 1. The third-order valence-corrected chi connectivity index (χ3v) is 5.22. The number of carbonyl (C=O) groups excluding carboxylic acids is 1. The third kappa shape index (κ3) is 3.66.